The number of carbonyl (C=O) groups excluding carboxylic acids is 2. The third-order valence-electron chi connectivity index (χ3n) is 7.66. The second-order valence-corrected chi connectivity index (χ2v) is 13.1. The van der Waals surface area contributed by atoms with Crippen molar-refractivity contribution in [1.82, 2.24) is 19.8 Å². The van der Waals surface area contributed by atoms with E-state index in [-0.39, 0.29) is 12.0 Å². The summed E-state index contributed by atoms with van der Waals surface area (Å²) in [6.07, 6.45) is 9.02. The summed E-state index contributed by atoms with van der Waals surface area (Å²) in [5.41, 5.74) is 0.478. The first kappa shape index (κ1) is 26.6. The lowest BCUT2D eigenvalue weighted by molar-refractivity contribution is -0.124. The molecular weight excluding hydrogens is 507 g/mol. The predicted molar refractivity (Wildman–Crippen MR) is 142 cm³/mol. The molecule has 2 amide bonds. The van der Waals surface area contributed by atoms with E-state index in [1.54, 1.807) is 29.9 Å². The molecule has 3 aliphatic rings. The number of hydrogen-bond acceptors (Lipinski definition) is 5. The first-order valence-corrected chi connectivity index (χ1v) is 15.1. The lowest BCUT2D eigenvalue weighted by Crippen LogP contribution is -2.51. The highest BCUT2D eigenvalue weighted by molar-refractivity contribution is 7.91. The number of hydrogen-bond donors (Lipinski definition) is 2. The maximum atomic E-state index is 15.4. The Morgan fingerprint density at radius 2 is 1.97 bits per heavy atom. The number of aryl methyl sites for hydroxylation is 1. The highest BCUT2D eigenvalue weighted by Crippen LogP contribution is 2.40. The van der Waals surface area contributed by atoms with Crippen molar-refractivity contribution in [2.75, 3.05) is 0 Å². The Kier molecular flexibility index (Phi) is 7.19. The molecule has 2 aromatic rings. The van der Waals surface area contributed by atoms with Crippen LogP contribution < -0.4 is 10.0 Å². The van der Waals surface area contributed by atoms with Crippen LogP contribution in [0, 0.1) is 11.7 Å². The molecule has 1 atom stereocenters. The zero-order chi connectivity index (χ0) is 27.1. The average molecular weight is 543 g/mol. The molecule has 10 heteroatoms. The molecule has 2 saturated carbocycles. The topological polar surface area (TPSA) is 110 Å². The van der Waals surface area contributed by atoms with E-state index in [0.29, 0.717) is 35.6 Å². The molecular formula is C28H35FN4O4S. The number of unbranched alkanes of at least 4 members (excludes halogenated alkanes) is 2. The minimum Gasteiger partial charge on any atom is -0.342 e. The fourth-order valence-electron chi connectivity index (χ4n) is 5.13. The van der Waals surface area contributed by atoms with Gasteiger partial charge in [-0.1, -0.05) is 31.9 Å². The van der Waals surface area contributed by atoms with Gasteiger partial charge in [-0.25, -0.2) is 17.5 Å². The van der Waals surface area contributed by atoms with Crippen LogP contribution in [0.5, 0.6) is 0 Å². The molecule has 1 aromatic carbocycles. The van der Waals surface area contributed by atoms with E-state index >= 15 is 4.39 Å². The molecule has 38 heavy (non-hydrogen) atoms. The highest BCUT2D eigenvalue weighted by atomic mass is 32.2. The van der Waals surface area contributed by atoms with Gasteiger partial charge in [-0.2, -0.15) is 5.10 Å². The molecule has 1 unspecified atom stereocenters. The molecule has 2 heterocycles. The van der Waals surface area contributed by atoms with Crippen LogP contribution in [0.3, 0.4) is 0 Å². The number of amides is 2. The summed E-state index contributed by atoms with van der Waals surface area (Å²) in [5.74, 6) is -1.59. The maximum Gasteiger partial charge on any atom is 0.270 e. The fourth-order valence-corrected chi connectivity index (χ4v) is 6.41. The lowest BCUT2D eigenvalue weighted by Gasteiger charge is -2.37. The number of aromatic nitrogens is 2. The molecule has 1 aliphatic heterocycles. The molecule has 0 spiro atoms. The van der Waals surface area contributed by atoms with Crippen molar-refractivity contribution >= 4 is 27.4 Å². The van der Waals surface area contributed by atoms with Gasteiger partial charge in [0.1, 0.15) is 11.4 Å². The third-order valence-corrected chi connectivity index (χ3v) is 9.48. The minimum atomic E-state index is -3.87. The monoisotopic (exact) mass is 542 g/mol. The number of nitrogens with one attached hydrogen (secondary N) is 2. The van der Waals surface area contributed by atoms with Gasteiger partial charge < -0.3 is 5.32 Å². The van der Waals surface area contributed by atoms with Crippen LogP contribution in [0.4, 0.5) is 4.39 Å². The Morgan fingerprint density at radius 1 is 1.21 bits per heavy atom. The van der Waals surface area contributed by atoms with Crippen molar-refractivity contribution in [3.63, 3.8) is 0 Å². The molecule has 0 bridgehead atoms. The lowest BCUT2D eigenvalue weighted by atomic mass is 9.79. The van der Waals surface area contributed by atoms with E-state index in [0.717, 1.165) is 50.6 Å². The second kappa shape index (κ2) is 10.3. The molecule has 2 aliphatic carbocycles. The van der Waals surface area contributed by atoms with Crippen molar-refractivity contribution < 1.29 is 22.4 Å². The first-order chi connectivity index (χ1) is 18.1. The summed E-state index contributed by atoms with van der Waals surface area (Å²) in [6, 6.07) is 6.82. The summed E-state index contributed by atoms with van der Waals surface area (Å²) < 4.78 is 44.3. The zero-order valence-electron chi connectivity index (χ0n) is 21.9. The number of benzene rings is 1. The number of rotatable bonds is 11. The van der Waals surface area contributed by atoms with Crippen molar-refractivity contribution in [1.29, 1.82) is 0 Å². The maximum absolute atomic E-state index is 15.4. The Morgan fingerprint density at radius 3 is 2.63 bits per heavy atom. The Hall–Kier alpha value is -3.01. The minimum absolute atomic E-state index is 0.0809. The first-order valence-electron chi connectivity index (χ1n) is 13.5. The van der Waals surface area contributed by atoms with Crippen LogP contribution in [0.2, 0.25) is 0 Å². The van der Waals surface area contributed by atoms with E-state index in [1.807, 2.05) is 6.07 Å². The average Bonchev–Trinajstić information content (AvgIpc) is 3.77. The van der Waals surface area contributed by atoms with Gasteiger partial charge in [0.2, 0.25) is 10.0 Å². The second-order valence-electron chi connectivity index (χ2n) is 11.1. The summed E-state index contributed by atoms with van der Waals surface area (Å²) in [4.78, 5) is 26.6. The number of sulfonamides is 1. The Balaban J connectivity index is 1.49. The molecule has 204 valence electrons. The molecule has 2 fully saturated rings. The van der Waals surface area contributed by atoms with Crippen molar-refractivity contribution in [3.05, 3.63) is 58.7 Å². The summed E-state index contributed by atoms with van der Waals surface area (Å²) in [5, 5.41) is 6.81. The van der Waals surface area contributed by atoms with Gasteiger partial charge in [0, 0.05) is 30.3 Å². The van der Waals surface area contributed by atoms with Gasteiger partial charge in [-0.3, -0.25) is 14.3 Å². The predicted octanol–water partition coefficient (Wildman–Crippen LogP) is 3.96. The van der Waals surface area contributed by atoms with E-state index < -0.39 is 38.4 Å². The van der Waals surface area contributed by atoms with Crippen LogP contribution in [0.25, 0.3) is 5.57 Å². The van der Waals surface area contributed by atoms with Crippen LogP contribution >= 0.6 is 0 Å². The fraction of sp³-hybridized carbons (Fsp3) is 0.536. The number of carbonyl (C=O) groups is 2. The highest BCUT2D eigenvalue weighted by Gasteiger charge is 2.44. The summed E-state index contributed by atoms with van der Waals surface area (Å²) in [6.45, 7) is 4.58. The smallest absolute Gasteiger partial charge is 0.270 e. The zero-order valence-corrected chi connectivity index (χ0v) is 22.7. The standard InChI is InChI=1S/C28H35FN4O4S/c1-3-4-5-6-18-9-12-22(23(29)15-18)28(2)16-21(24-13-14-33(31-24)17-19-7-8-19)25(26(34)30-28)27(35)32-38(36,37)20-10-11-20/h9,12-15,19-20H,3-8,10-11,16-17H2,1-2H3,(H,30,34)(H,32,35). The third kappa shape index (κ3) is 5.70. The van der Waals surface area contributed by atoms with Gasteiger partial charge >= 0.3 is 0 Å². The Labute approximate surface area is 223 Å². The van der Waals surface area contributed by atoms with Crippen molar-refractivity contribution in [2.24, 2.45) is 5.92 Å². The van der Waals surface area contributed by atoms with Crippen LogP contribution in [0.1, 0.15) is 82.0 Å². The summed E-state index contributed by atoms with van der Waals surface area (Å²) in [7, 11) is -3.87. The quantitative estimate of drug-likeness (QED) is 0.330. The van der Waals surface area contributed by atoms with Crippen molar-refractivity contribution in [2.45, 2.75) is 89.0 Å². The summed E-state index contributed by atoms with van der Waals surface area (Å²) >= 11 is 0. The van der Waals surface area contributed by atoms with Crippen LogP contribution in [-0.4, -0.2) is 35.3 Å². The van der Waals surface area contributed by atoms with E-state index in [9.17, 15) is 18.0 Å². The molecule has 2 N–H and O–H groups in total. The van der Waals surface area contributed by atoms with Gasteiger partial charge in [0.25, 0.3) is 11.8 Å². The van der Waals surface area contributed by atoms with E-state index in [4.69, 9.17) is 0 Å². The molecule has 5 rings (SSSR count). The Bertz CT molecular complexity index is 1390. The largest absolute Gasteiger partial charge is 0.342 e. The molecule has 1 aromatic heterocycles. The number of halogens is 1. The van der Waals surface area contributed by atoms with Gasteiger partial charge in [-0.05, 0) is 69.1 Å². The van der Waals surface area contributed by atoms with Gasteiger partial charge in [0.05, 0.1) is 16.5 Å². The molecule has 0 saturated heterocycles. The SMILES string of the molecule is CCCCCc1ccc(C2(C)CC(c3ccn(CC4CC4)n3)=C(C(=O)NS(=O)(=O)C3CC3)C(=O)N2)c(F)c1. The van der Waals surface area contributed by atoms with Gasteiger partial charge in [0.15, 0.2) is 0 Å². The van der Waals surface area contributed by atoms with Crippen molar-refractivity contribution in [3.8, 4) is 0 Å². The normalized spacial score (nSPS) is 21.9. The van der Waals surface area contributed by atoms with Crippen LogP contribution in [-0.2, 0) is 38.1 Å². The van der Waals surface area contributed by atoms with E-state index in [2.05, 4.69) is 22.1 Å². The van der Waals surface area contributed by atoms with Crippen LogP contribution in [0.15, 0.2) is 36.0 Å². The molecule has 0 radical (unpaired) electrons. The molecule has 8 nitrogen and oxygen atoms in total. The number of nitrogens with zero attached hydrogens (tertiary/aromatic N) is 2. The van der Waals surface area contributed by atoms with Gasteiger partial charge in [-0.15, -0.1) is 0 Å². The van der Waals surface area contributed by atoms with E-state index in [1.165, 1.54) is 6.07 Å².